The first-order valence-corrected chi connectivity index (χ1v) is 6.99. The zero-order chi connectivity index (χ0) is 12.5. The van der Waals surface area contributed by atoms with Crippen LogP contribution in [0.5, 0.6) is 0 Å². The van der Waals surface area contributed by atoms with Crippen molar-refractivity contribution in [3.8, 4) is 0 Å². The first-order valence-electron chi connectivity index (χ1n) is 6.20. The fraction of sp³-hybridized carbons (Fsp3) is 0.615. The Morgan fingerprint density at radius 2 is 2.12 bits per heavy atom. The van der Waals surface area contributed by atoms with Gasteiger partial charge in [0, 0.05) is 23.8 Å². The highest BCUT2D eigenvalue weighted by atomic mass is 79.9. The number of nitrogens with two attached hydrogens (primary N) is 1. The Morgan fingerprint density at radius 3 is 2.65 bits per heavy atom. The molecule has 17 heavy (non-hydrogen) atoms. The van der Waals surface area contributed by atoms with Gasteiger partial charge in [0.1, 0.15) is 0 Å². The average molecular weight is 298 g/mol. The van der Waals surface area contributed by atoms with Crippen LogP contribution in [0.2, 0.25) is 0 Å². The molecule has 0 radical (unpaired) electrons. The topological polar surface area (TPSA) is 42.2 Å². The van der Waals surface area contributed by atoms with Gasteiger partial charge < -0.3 is 10.6 Å². The van der Waals surface area contributed by atoms with Crippen LogP contribution in [0.15, 0.2) is 16.7 Å². The van der Waals surface area contributed by atoms with E-state index in [1.54, 1.807) is 0 Å². The van der Waals surface area contributed by atoms with Gasteiger partial charge >= 0.3 is 0 Å². The molecule has 1 aliphatic heterocycles. The summed E-state index contributed by atoms with van der Waals surface area (Å²) in [6, 6.07) is 1.93. The Bertz CT molecular complexity index is 398. The number of nitrogen functional groups attached to an aromatic ring is 1. The molecule has 0 saturated carbocycles. The maximum Gasteiger partial charge on any atom is 0.151 e. The van der Waals surface area contributed by atoms with E-state index in [-0.39, 0.29) is 0 Å². The number of pyridine rings is 1. The molecule has 94 valence electrons. The quantitative estimate of drug-likeness (QED) is 0.909. The summed E-state index contributed by atoms with van der Waals surface area (Å²) < 4.78 is 0.939. The molecule has 2 rings (SSSR count). The Balaban J connectivity index is 2.10. The number of hydrogen-bond donors (Lipinski definition) is 1. The predicted octanol–water partition coefficient (Wildman–Crippen LogP) is 3.44. The van der Waals surface area contributed by atoms with E-state index in [2.05, 4.69) is 39.7 Å². The molecular formula is C13H20BrN3. The zero-order valence-corrected chi connectivity index (χ0v) is 12.1. The van der Waals surface area contributed by atoms with Gasteiger partial charge in [-0.15, -0.1) is 0 Å². The third-order valence-electron chi connectivity index (χ3n) is 3.99. The summed E-state index contributed by atoms with van der Waals surface area (Å²) in [4.78, 5) is 6.73. The average Bonchev–Trinajstić information content (AvgIpc) is 2.31. The Kier molecular flexibility index (Phi) is 3.61. The van der Waals surface area contributed by atoms with Crippen LogP contribution < -0.4 is 10.6 Å². The van der Waals surface area contributed by atoms with Crippen LogP contribution in [0.25, 0.3) is 0 Å². The third-order valence-corrected chi connectivity index (χ3v) is 4.42. The number of nitrogens with zero attached hydrogens (tertiary/aromatic N) is 2. The molecule has 3 nitrogen and oxygen atoms in total. The molecule has 0 aromatic carbocycles. The number of piperidine rings is 1. The fourth-order valence-corrected chi connectivity index (χ4v) is 2.67. The summed E-state index contributed by atoms with van der Waals surface area (Å²) >= 11 is 3.39. The number of halogens is 1. The van der Waals surface area contributed by atoms with Gasteiger partial charge in [0.05, 0.1) is 5.69 Å². The predicted molar refractivity (Wildman–Crippen MR) is 76.2 cm³/mol. The van der Waals surface area contributed by atoms with Gasteiger partial charge in [-0.2, -0.15) is 0 Å². The minimum Gasteiger partial charge on any atom is -0.396 e. The van der Waals surface area contributed by atoms with E-state index >= 15 is 0 Å². The molecule has 0 aliphatic carbocycles. The highest BCUT2D eigenvalue weighted by Gasteiger charge is 2.29. The second-order valence-electron chi connectivity index (χ2n) is 5.22. The van der Waals surface area contributed by atoms with E-state index in [0.717, 1.165) is 29.1 Å². The number of hydrogen-bond acceptors (Lipinski definition) is 3. The van der Waals surface area contributed by atoms with E-state index in [1.165, 1.54) is 19.3 Å². The second-order valence-corrected chi connectivity index (χ2v) is 6.13. The molecule has 1 aliphatic rings. The minimum absolute atomic E-state index is 0.501. The molecule has 1 aromatic rings. The Morgan fingerprint density at radius 1 is 1.47 bits per heavy atom. The number of anilines is 2. The van der Waals surface area contributed by atoms with Crippen LogP contribution in [-0.4, -0.2) is 18.1 Å². The highest BCUT2D eigenvalue weighted by molar-refractivity contribution is 9.10. The molecular weight excluding hydrogens is 278 g/mol. The van der Waals surface area contributed by atoms with Crippen LogP contribution in [-0.2, 0) is 0 Å². The molecule has 0 spiro atoms. The van der Waals surface area contributed by atoms with Gasteiger partial charge in [-0.25, -0.2) is 4.98 Å². The summed E-state index contributed by atoms with van der Waals surface area (Å²) in [5, 5.41) is 0. The van der Waals surface area contributed by atoms with Crippen molar-refractivity contribution in [3.63, 3.8) is 0 Å². The van der Waals surface area contributed by atoms with Gasteiger partial charge in [0.2, 0.25) is 0 Å². The van der Waals surface area contributed by atoms with Crippen molar-refractivity contribution in [2.24, 2.45) is 5.41 Å². The zero-order valence-electron chi connectivity index (χ0n) is 10.5. The van der Waals surface area contributed by atoms with E-state index in [4.69, 9.17) is 5.73 Å². The van der Waals surface area contributed by atoms with Gasteiger partial charge in [-0.3, -0.25) is 0 Å². The lowest BCUT2D eigenvalue weighted by Crippen LogP contribution is -2.39. The Hall–Kier alpha value is -0.770. The van der Waals surface area contributed by atoms with Crippen molar-refractivity contribution in [1.29, 1.82) is 0 Å². The van der Waals surface area contributed by atoms with Crippen molar-refractivity contribution < 1.29 is 0 Å². The maximum absolute atomic E-state index is 6.02. The highest BCUT2D eigenvalue weighted by Crippen LogP contribution is 2.36. The van der Waals surface area contributed by atoms with Crippen LogP contribution in [0.1, 0.15) is 33.1 Å². The van der Waals surface area contributed by atoms with Gasteiger partial charge in [0.25, 0.3) is 0 Å². The van der Waals surface area contributed by atoms with Crippen molar-refractivity contribution in [1.82, 2.24) is 4.98 Å². The number of rotatable bonds is 2. The van der Waals surface area contributed by atoms with Crippen LogP contribution in [0.4, 0.5) is 11.5 Å². The van der Waals surface area contributed by atoms with E-state index in [0.29, 0.717) is 5.41 Å². The summed E-state index contributed by atoms with van der Waals surface area (Å²) in [6.07, 6.45) is 5.52. The van der Waals surface area contributed by atoms with Crippen LogP contribution in [0, 0.1) is 5.41 Å². The lowest BCUT2D eigenvalue weighted by molar-refractivity contribution is 0.238. The monoisotopic (exact) mass is 297 g/mol. The summed E-state index contributed by atoms with van der Waals surface area (Å²) in [5.41, 5.74) is 7.28. The normalized spacial score (nSPS) is 19.4. The molecule has 4 heteroatoms. The van der Waals surface area contributed by atoms with Gasteiger partial charge in [0.15, 0.2) is 5.82 Å². The SMILES string of the molecule is CCC1(C)CCN(c2ncc(Br)cc2N)CC1. The van der Waals surface area contributed by atoms with Crippen molar-refractivity contribution >= 4 is 27.4 Å². The first-order chi connectivity index (χ1) is 8.04. The fourth-order valence-electron chi connectivity index (χ4n) is 2.32. The van der Waals surface area contributed by atoms with Gasteiger partial charge in [-0.05, 0) is 40.3 Å². The molecule has 0 unspecified atom stereocenters. The lowest BCUT2D eigenvalue weighted by atomic mass is 9.78. The van der Waals surface area contributed by atoms with Gasteiger partial charge in [-0.1, -0.05) is 20.3 Å². The smallest absolute Gasteiger partial charge is 0.151 e. The molecule has 1 fully saturated rings. The van der Waals surface area contributed by atoms with E-state index in [1.807, 2.05) is 12.3 Å². The minimum atomic E-state index is 0.501. The maximum atomic E-state index is 6.02. The second kappa shape index (κ2) is 4.84. The van der Waals surface area contributed by atoms with Crippen molar-refractivity contribution in [2.75, 3.05) is 23.7 Å². The van der Waals surface area contributed by atoms with Crippen molar-refractivity contribution in [3.05, 3.63) is 16.7 Å². The standard InChI is InChI=1S/C13H20BrN3/c1-3-13(2)4-6-17(7-5-13)12-11(15)8-10(14)9-16-12/h8-9H,3-7,15H2,1-2H3. The van der Waals surface area contributed by atoms with E-state index in [9.17, 15) is 0 Å². The molecule has 1 aromatic heterocycles. The lowest BCUT2D eigenvalue weighted by Gasteiger charge is -2.39. The van der Waals surface area contributed by atoms with Crippen LogP contribution >= 0.6 is 15.9 Å². The summed E-state index contributed by atoms with van der Waals surface area (Å²) in [7, 11) is 0. The Labute approximate surface area is 112 Å². The van der Waals surface area contributed by atoms with Crippen LogP contribution in [0.3, 0.4) is 0 Å². The number of aromatic nitrogens is 1. The molecule has 2 N–H and O–H groups in total. The summed E-state index contributed by atoms with van der Waals surface area (Å²) in [6.45, 7) is 6.77. The van der Waals surface area contributed by atoms with E-state index < -0.39 is 0 Å². The van der Waals surface area contributed by atoms with Crippen molar-refractivity contribution in [2.45, 2.75) is 33.1 Å². The molecule has 0 atom stereocenters. The molecule has 2 heterocycles. The molecule has 0 bridgehead atoms. The molecule has 0 amide bonds. The largest absolute Gasteiger partial charge is 0.396 e. The molecule has 1 saturated heterocycles. The first kappa shape index (κ1) is 12.7. The third kappa shape index (κ3) is 2.73. The summed E-state index contributed by atoms with van der Waals surface area (Å²) in [5.74, 6) is 0.936.